The van der Waals surface area contributed by atoms with Gasteiger partial charge in [-0.1, -0.05) is 12.1 Å². The van der Waals surface area contributed by atoms with Crippen LogP contribution >= 0.6 is 24.2 Å². The molecule has 0 spiro atoms. The van der Waals surface area contributed by atoms with Crippen molar-refractivity contribution in [3.05, 3.63) is 11.9 Å². The standard InChI is InChI=1S/C13H21N5OS.ClH/c1-10-8-17(6-7-20-10)13(19)12-9-18(16-15-12)11-2-4-14-5-3-11;/h9-11,14H,2-8H2,1H3;1H. The average molecular weight is 332 g/mol. The molecule has 21 heavy (non-hydrogen) atoms. The number of piperidine rings is 1. The van der Waals surface area contributed by atoms with E-state index >= 15 is 0 Å². The number of nitrogens with one attached hydrogen (secondary N) is 1. The molecular formula is C13H22ClN5OS. The van der Waals surface area contributed by atoms with Gasteiger partial charge in [0.05, 0.1) is 12.2 Å². The van der Waals surface area contributed by atoms with E-state index in [4.69, 9.17) is 0 Å². The number of carbonyl (C=O) groups excluding carboxylic acids is 1. The van der Waals surface area contributed by atoms with Gasteiger partial charge in [0.1, 0.15) is 0 Å². The fraction of sp³-hybridized carbons (Fsp3) is 0.769. The molecule has 0 radical (unpaired) electrons. The van der Waals surface area contributed by atoms with Gasteiger partial charge in [-0.3, -0.25) is 4.79 Å². The Morgan fingerprint density at radius 2 is 2.19 bits per heavy atom. The van der Waals surface area contributed by atoms with Crippen molar-refractivity contribution in [1.29, 1.82) is 0 Å². The summed E-state index contributed by atoms with van der Waals surface area (Å²) in [6.07, 6.45) is 3.92. The van der Waals surface area contributed by atoms with Crippen LogP contribution in [0.2, 0.25) is 0 Å². The molecule has 1 N–H and O–H groups in total. The Labute approximate surface area is 135 Å². The second-order valence-electron chi connectivity index (χ2n) is 5.50. The van der Waals surface area contributed by atoms with Crippen LogP contribution in [0.5, 0.6) is 0 Å². The average Bonchev–Trinajstić information content (AvgIpc) is 2.97. The molecule has 1 unspecified atom stereocenters. The van der Waals surface area contributed by atoms with Gasteiger partial charge in [-0.2, -0.15) is 11.8 Å². The topological polar surface area (TPSA) is 63.1 Å². The van der Waals surface area contributed by atoms with E-state index in [1.165, 1.54) is 0 Å². The van der Waals surface area contributed by atoms with Gasteiger partial charge < -0.3 is 10.2 Å². The summed E-state index contributed by atoms with van der Waals surface area (Å²) < 4.78 is 1.87. The smallest absolute Gasteiger partial charge is 0.276 e. The van der Waals surface area contributed by atoms with Crippen LogP contribution in [0, 0.1) is 0 Å². The van der Waals surface area contributed by atoms with Crippen LogP contribution in [-0.4, -0.2) is 63.0 Å². The molecule has 0 aromatic carbocycles. The van der Waals surface area contributed by atoms with E-state index in [1.807, 2.05) is 27.5 Å². The number of halogens is 1. The molecule has 0 saturated carbocycles. The Morgan fingerprint density at radius 3 is 2.90 bits per heavy atom. The molecule has 6 nitrogen and oxygen atoms in total. The highest BCUT2D eigenvalue weighted by Gasteiger charge is 2.25. The number of amides is 1. The highest BCUT2D eigenvalue weighted by atomic mass is 35.5. The summed E-state index contributed by atoms with van der Waals surface area (Å²) in [6.45, 7) is 5.80. The van der Waals surface area contributed by atoms with Crippen LogP contribution < -0.4 is 5.32 Å². The second-order valence-corrected chi connectivity index (χ2v) is 7.04. The Morgan fingerprint density at radius 1 is 1.43 bits per heavy atom. The van der Waals surface area contributed by atoms with E-state index in [1.54, 1.807) is 0 Å². The maximum atomic E-state index is 12.4. The van der Waals surface area contributed by atoms with Gasteiger partial charge in [0.15, 0.2) is 5.69 Å². The lowest BCUT2D eigenvalue weighted by atomic mass is 10.1. The quantitative estimate of drug-likeness (QED) is 0.882. The largest absolute Gasteiger partial charge is 0.335 e. The predicted octanol–water partition coefficient (Wildman–Crippen LogP) is 1.20. The van der Waals surface area contributed by atoms with Gasteiger partial charge in [-0.25, -0.2) is 4.68 Å². The van der Waals surface area contributed by atoms with Crippen molar-refractivity contribution < 1.29 is 4.79 Å². The summed E-state index contributed by atoms with van der Waals surface area (Å²) in [6, 6.07) is 0.376. The molecule has 2 aliphatic rings. The maximum absolute atomic E-state index is 12.4. The van der Waals surface area contributed by atoms with Crippen LogP contribution in [0.4, 0.5) is 0 Å². The first-order valence-corrected chi connectivity index (χ1v) is 8.32. The monoisotopic (exact) mass is 331 g/mol. The molecule has 2 fully saturated rings. The van der Waals surface area contributed by atoms with Gasteiger partial charge in [-0.05, 0) is 25.9 Å². The normalized spacial score (nSPS) is 23.7. The van der Waals surface area contributed by atoms with Crippen molar-refractivity contribution in [3.63, 3.8) is 0 Å². The van der Waals surface area contributed by atoms with Gasteiger partial charge in [0, 0.05) is 24.1 Å². The minimum atomic E-state index is 0. The van der Waals surface area contributed by atoms with Crippen LogP contribution in [-0.2, 0) is 0 Å². The number of nitrogens with zero attached hydrogens (tertiary/aromatic N) is 4. The van der Waals surface area contributed by atoms with Crippen LogP contribution in [0.15, 0.2) is 6.20 Å². The molecule has 1 aromatic heterocycles. The van der Waals surface area contributed by atoms with Crippen LogP contribution in [0.3, 0.4) is 0 Å². The third kappa shape index (κ3) is 3.90. The van der Waals surface area contributed by atoms with Gasteiger partial charge in [-0.15, -0.1) is 17.5 Å². The molecule has 3 rings (SSSR count). The maximum Gasteiger partial charge on any atom is 0.276 e. The Hall–Kier alpha value is -0.790. The summed E-state index contributed by atoms with van der Waals surface area (Å²) in [5, 5.41) is 12.1. The summed E-state index contributed by atoms with van der Waals surface area (Å²) in [5.41, 5.74) is 0.489. The summed E-state index contributed by atoms with van der Waals surface area (Å²) in [7, 11) is 0. The van der Waals surface area contributed by atoms with Crippen LogP contribution in [0.1, 0.15) is 36.3 Å². The molecule has 2 aliphatic heterocycles. The Kier molecular flexibility index (Phi) is 5.89. The zero-order valence-corrected chi connectivity index (χ0v) is 13.8. The minimum absolute atomic E-state index is 0. The van der Waals surface area contributed by atoms with E-state index < -0.39 is 0 Å². The second kappa shape index (κ2) is 7.47. The number of thioether (sulfide) groups is 1. The molecular weight excluding hydrogens is 310 g/mol. The zero-order valence-electron chi connectivity index (χ0n) is 12.2. The van der Waals surface area contributed by atoms with Crippen molar-refractivity contribution in [2.45, 2.75) is 31.1 Å². The number of hydrogen-bond donors (Lipinski definition) is 1. The zero-order chi connectivity index (χ0) is 13.9. The van der Waals surface area contributed by atoms with Crippen molar-refractivity contribution >= 4 is 30.1 Å². The van der Waals surface area contributed by atoms with Gasteiger partial charge >= 0.3 is 0 Å². The lowest BCUT2D eigenvalue weighted by Gasteiger charge is -2.29. The van der Waals surface area contributed by atoms with Crippen LogP contribution in [0.25, 0.3) is 0 Å². The van der Waals surface area contributed by atoms with Gasteiger partial charge in [0.2, 0.25) is 0 Å². The Bertz CT molecular complexity index is 477. The molecule has 118 valence electrons. The van der Waals surface area contributed by atoms with Gasteiger partial charge in [0.25, 0.3) is 5.91 Å². The van der Waals surface area contributed by atoms with E-state index in [0.717, 1.165) is 44.8 Å². The molecule has 2 saturated heterocycles. The number of hydrogen-bond acceptors (Lipinski definition) is 5. The third-order valence-electron chi connectivity index (χ3n) is 3.94. The number of aromatic nitrogens is 3. The highest BCUT2D eigenvalue weighted by Crippen LogP contribution is 2.20. The Balaban J connectivity index is 0.00000161. The highest BCUT2D eigenvalue weighted by molar-refractivity contribution is 7.99. The first-order valence-electron chi connectivity index (χ1n) is 7.27. The molecule has 8 heteroatoms. The summed E-state index contributed by atoms with van der Waals surface area (Å²) >= 11 is 1.92. The summed E-state index contributed by atoms with van der Waals surface area (Å²) in [5.74, 6) is 1.03. The van der Waals surface area contributed by atoms with E-state index in [9.17, 15) is 4.79 Å². The lowest BCUT2D eigenvalue weighted by molar-refractivity contribution is 0.0757. The van der Waals surface area contributed by atoms with E-state index in [-0.39, 0.29) is 18.3 Å². The SMILES string of the molecule is CC1CN(C(=O)c2cn(C3CCNCC3)nn2)CCS1.Cl. The first kappa shape index (κ1) is 16.6. The van der Waals surface area contributed by atoms with Crippen molar-refractivity contribution in [2.75, 3.05) is 31.9 Å². The molecule has 1 aromatic rings. The fourth-order valence-corrected chi connectivity index (χ4v) is 3.80. The van der Waals surface area contributed by atoms with Crippen molar-refractivity contribution in [1.82, 2.24) is 25.2 Å². The van der Waals surface area contributed by atoms with E-state index in [2.05, 4.69) is 22.6 Å². The number of rotatable bonds is 2. The first-order chi connectivity index (χ1) is 9.74. The lowest BCUT2D eigenvalue weighted by Crippen LogP contribution is -2.41. The molecule has 0 bridgehead atoms. The minimum Gasteiger partial charge on any atom is -0.335 e. The molecule has 3 heterocycles. The molecule has 0 aliphatic carbocycles. The third-order valence-corrected chi connectivity index (χ3v) is 5.08. The van der Waals surface area contributed by atoms with Crippen molar-refractivity contribution in [2.24, 2.45) is 0 Å². The molecule has 1 atom stereocenters. The fourth-order valence-electron chi connectivity index (χ4n) is 2.79. The van der Waals surface area contributed by atoms with Crippen molar-refractivity contribution in [3.8, 4) is 0 Å². The summed E-state index contributed by atoms with van der Waals surface area (Å²) in [4.78, 5) is 14.3. The molecule has 1 amide bonds. The van der Waals surface area contributed by atoms with E-state index in [0.29, 0.717) is 17.0 Å². The predicted molar refractivity (Wildman–Crippen MR) is 86.2 cm³/mol. The number of carbonyl (C=O) groups is 1.